The molecule has 1 aliphatic heterocycles. The molecule has 23 heavy (non-hydrogen) atoms. The molecule has 1 aromatic heterocycles. The Kier molecular flexibility index (Phi) is 4.83. The van der Waals surface area contributed by atoms with Gasteiger partial charge in [0.1, 0.15) is 11.5 Å². The number of carbonyl (C=O) groups is 1. The van der Waals surface area contributed by atoms with Crippen LogP contribution in [0.1, 0.15) is 23.3 Å². The highest BCUT2D eigenvalue weighted by molar-refractivity contribution is 6.02. The molecule has 1 aromatic carbocycles. The maximum absolute atomic E-state index is 14.1. The van der Waals surface area contributed by atoms with Gasteiger partial charge in [-0.1, -0.05) is 6.07 Å². The van der Waals surface area contributed by atoms with E-state index in [2.05, 4.69) is 15.6 Å². The number of hydrogen-bond donors (Lipinski definition) is 2. The number of hydrogen-bond acceptors (Lipinski definition) is 4. The van der Waals surface area contributed by atoms with Gasteiger partial charge in [-0.25, -0.2) is 4.39 Å². The van der Waals surface area contributed by atoms with Crippen molar-refractivity contribution in [3.8, 4) is 0 Å². The Morgan fingerprint density at radius 1 is 1.35 bits per heavy atom. The number of rotatable bonds is 5. The van der Waals surface area contributed by atoms with Crippen LogP contribution in [-0.2, 0) is 4.74 Å². The Hall–Kier alpha value is -2.47. The smallest absolute Gasteiger partial charge is 0.274 e. The van der Waals surface area contributed by atoms with Gasteiger partial charge in [-0.05, 0) is 43.2 Å². The SMILES string of the molecule is O=C(Nc1ccc(NC[C@H]2CCCO2)c(F)c1)c1ccccn1. The third-order valence-electron chi connectivity index (χ3n) is 3.67. The zero-order valence-electron chi connectivity index (χ0n) is 12.6. The van der Waals surface area contributed by atoms with Gasteiger partial charge >= 0.3 is 0 Å². The quantitative estimate of drug-likeness (QED) is 0.890. The summed E-state index contributed by atoms with van der Waals surface area (Å²) in [7, 11) is 0. The van der Waals surface area contributed by atoms with Crippen molar-refractivity contribution in [2.24, 2.45) is 0 Å². The van der Waals surface area contributed by atoms with Crippen molar-refractivity contribution in [3.05, 3.63) is 54.1 Å². The number of halogens is 1. The van der Waals surface area contributed by atoms with Crippen LogP contribution in [0, 0.1) is 5.82 Å². The summed E-state index contributed by atoms with van der Waals surface area (Å²) in [6.45, 7) is 1.35. The largest absolute Gasteiger partial charge is 0.380 e. The van der Waals surface area contributed by atoms with E-state index in [1.54, 1.807) is 30.3 Å². The van der Waals surface area contributed by atoms with E-state index in [9.17, 15) is 9.18 Å². The molecule has 1 saturated heterocycles. The van der Waals surface area contributed by atoms with Crippen molar-refractivity contribution in [2.45, 2.75) is 18.9 Å². The molecule has 0 aliphatic carbocycles. The van der Waals surface area contributed by atoms with Gasteiger partial charge in [0.25, 0.3) is 5.91 Å². The highest BCUT2D eigenvalue weighted by Gasteiger charge is 2.16. The molecule has 0 bridgehead atoms. The standard InChI is InChI=1S/C17H18FN3O2/c18-14-10-12(21-17(22)16-5-1-2-8-19-16)6-7-15(14)20-11-13-4-3-9-23-13/h1-2,5-8,10,13,20H,3-4,9,11H2,(H,21,22)/t13-/m1/s1. The van der Waals surface area contributed by atoms with Crippen LogP contribution in [0.15, 0.2) is 42.6 Å². The van der Waals surface area contributed by atoms with Gasteiger partial charge in [-0.15, -0.1) is 0 Å². The van der Waals surface area contributed by atoms with Crippen LogP contribution in [0.3, 0.4) is 0 Å². The second-order valence-electron chi connectivity index (χ2n) is 5.38. The molecule has 0 unspecified atom stereocenters. The first-order valence-corrected chi connectivity index (χ1v) is 7.60. The van der Waals surface area contributed by atoms with E-state index >= 15 is 0 Å². The number of ether oxygens (including phenoxy) is 1. The summed E-state index contributed by atoms with van der Waals surface area (Å²) >= 11 is 0. The number of nitrogens with one attached hydrogen (secondary N) is 2. The minimum atomic E-state index is -0.415. The lowest BCUT2D eigenvalue weighted by Gasteiger charge is -2.13. The second-order valence-corrected chi connectivity index (χ2v) is 5.38. The van der Waals surface area contributed by atoms with Gasteiger partial charge in [0.05, 0.1) is 11.8 Å². The maximum atomic E-state index is 14.1. The van der Waals surface area contributed by atoms with Gasteiger partial charge in [-0.2, -0.15) is 0 Å². The maximum Gasteiger partial charge on any atom is 0.274 e. The summed E-state index contributed by atoms with van der Waals surface area (Å²) < 4.78 is 19.6. The Morgan fingerprint density at radius 2 is 2.26 bits per heavy atom. The van der Waals surface area contributed by atoms with Crippen molar-refractivity contribution < 1.29 is 13.9 Å². The molecule has 120 valence electrons. The molecule has 1 amide bonds. The number of aromatic nitrogens is 1. The molecule has 0 saturated carbocycles. The number of pyridine rings is 1. The zero-order chi connectivity index (χ0) is 16.1. The van der Waals surface area contributed by atoms with E-state index in [-0.39, 0.29) is 17.7 Å². The van der Waals surface area contributed by atoms with E-state index in [1.165, 1.54) is 12.3 Å². The molecular formula is C17H18FN3O2. The van der Waals surface area contributed by atoms with Crippen molar-refractivity contribution in [3.63, 3.8) is 0 Å². The van der Waals surface area contributed by atoms with E-state index in [4.69, 9.17) is 4.74 Å². The molecule has 2 N–H and O–H groups in total. The monoisotopic (exact) mass is 315 g/mol. The normalized spacial score (nSPS) is 17.0. The van der Waals surface area contributed by atoms with Crippen molar-refractivity contribution in [1.82, 2.24) is 4.98 Å². The zero-order valence-corrected chi connectivity index (χ0v) is 12.6. The molecule has 6 heteroatoms. The Bertz CT molecular complexity index is 673. The fourth-order valence-electron chi connectivity index (χ4n) is 2.46. The molecule has 1 fully saturated rings. The summed E-state index contributed by atoms with van der Waals surface area (Å²) in [5.74, 6) is -0.785. The van der Waals surface area contributed by atoms with Crippen molar-refractivity contribution >= 4 is 17.3 Å². The lowest BCUT2D eigenvalue weighted by atomic mass is 10.2. The number of anilines is 2. The summed E-state index contributed by atoms with van der Waals surface area (Å²) in [5.41, 5.74) is 1.07. The van der Waals surface area contributed by atoms with Crippen LogP contribution >= 0.6 is 0 Å². The third-order valence-corrected chi connectivity index (χ3v) is 3.67. The molecule has 0 radical (unpaired) electrons. The fourth-order valence-corrected chi connectivity index (χ4v) is 2.46. The first kappa shape index (κ1) is 15.4. The van der Waals surface area contributed by atoms with E-state index < -0.39 is 5.82 Å². The van der Waals surface area contributed by atoms with Crippen molar-refractivity contribution in [1.29, 1.82) is 0 Å². The first-order chi connectivity index (χ1) is 11.2. The predicted molar refractivity (Wildman–Crippen MR) is 86.1 cm³/mol. The lowest BCUT2D eigenvalue weighted by Crippen LogP contribution is -2.19. The topological polar surface area (TPSA) is 63.2 Å². The summed E-state index contributed by atoms with van der Waals surface area (Å²) in [5, 5.41) is 5.67. The molecule has 3 rings (SSSR count). The lowest BCUT2D eigenvalue weighted by molar-refractivity contribution is 0.102. The fraction of sp³-hybridized carbons (Fsp3) is 0.294. The highest BCUT2D eigenvalue weighted by atomic mass is 19.1. The predicted octanol–water partition coefficient (Wildman–Crippen LogP) is 3.06. The summed E-state index contributed by atoms with van der Waals surface area (Å²) in [6, 6.07) is 9.60. The number of carbonyl (C=O) groups excluding carboxylic acids is 1. The average molecular weight is 315 g/mol. The third kappa shape index (κ3) is 4.04. The average Bonchev–Trinajstić information content (AvgIpc) is 3.08. The molecular weight excluding hydrogens is 297 g/mol. The molecule has 1 atom stereocenters. The van der Waals surface area contributed by atoms with Crippen LogP contribution < -0.4 is 10.6 Å². The van der Waals surface area contributed by atoms with Crippen molar-refractivity contribution in [2.75, 3.05) is 23.8 Å². The molecule has 1 aliphatic rings. The molecule has 5 nitrogen and oxygen atoms in total. The minimum absolute atomic E-state index is 0.137. The van der Waals surface area contributed by atoms with Gasteiger partial charge in [-0.3, -0.25) is 9.78 Å². The van der Waals surface area contributed by atoms with Crippen LogP contribution in [0.25, 0.3) is 0 Å². The Balaban J connectivity index is 1.61. The van der Waals surface area contributed by atoms with E-state index in [0.717, 1.165) is 19.4 Å². The number of amides is 1. The number of benzene rings is 1. The molecule has 0 spiro atoms. The van der Waals surface area contributed by atoms with E-state index in [0.29, 0.717) is 17.9 Å². The van der Waals surface area contributed by atoms with Crippen LogP contribution in [0.2, 0.25) is 0 Å². The van der Waals surface area contributed by atoms with Gasteiger partial charge in [0, 0.05) is 25.0 Å². The minimum Gasteiger partial charge on any atom is -0.380 e. The van der Waals surface area contributed by atoms with Crippen LogP contribution in [0.5, 0.6) is 0 Å². The van der Waals surface area contributed by atoms with Crippen LogP contribution in [-0.4, -0.2) is 30.1 Å². The highest BCUT2D eigenvalue weighted by Crippen LogP contribution is 2.20. The van der Waals surface area contributed by atoms with E-state index in [1.807, 2.05) is 0 Å². The van der Waals surface area contributed by atoms with Gasteiger partial charge in [0.2, 0.25) is 0 Å². The second kappa shape index (κ2) is 7.19. The Labute approximate surface area is 133 Å². The first-order valence-electron chi connectivity index (χ1n) is 7.60. The van der Waals surface area contributed by atoms with Gasteiger partial charge < -0.3 is 15.4 Å². The molecule has 2 aromatic rings. The van der Waals surface area contributed by atoms with Gasteiger partial charge in [0.15, 0.2) is 0 Å². The van der Waals surface area contributed by atoms with Crippen LogP contribution in [0.4, 0.5) is 15.8 Å². The number of nitrogens with zero attached hydrogens (tertiary/aromatic N) is 1. The summed E-state index contributed by atoms with van der Waals surface area (Å²) in [4.78, 5) is 15.9. The molecule has 2 heterocycles. The summed E-state index contributed by atoms with van der Waals surface area (Å²) in [6.07, 6.45) is 3.71. The Morgan fingerprint density at radius 3 is 2.96 bits per heavy atom.